The quantitative estimate of drug-likeness (QED) is 0.874. The molecule has 0 aromatic heterocycles. The highest BCUT2D eigenvalue weighted by Crippen LogP contribution is 2.22. The highest BCUT2D eigenvalue weighted by atomic mass is 32.2. The summed E-state index contributed by atoms with van der Waals surface area (Å²) in [6.07, 6.45) is 1.78. The molecule has 16 heavy (non-hydrogen) atoms. The van der Waals surface area contributed by atoms with E-state index in [-0.39, 0.29) is 0 Å². The standard InChI is InChI=1S/C12H19NO2S/c1-4-11(16(3,14)15)12(13)10-7-5-9(2)6-8-10/h5-8,11-12H,4,13H2,1-3H3/t11-,12+/m1/s1. The lowest BCUT2D eigenvalue weighted by Gasteiger charge is -2.21. The highest BCUT2D eigenvalue weighted by Gasteiger charge is 2.26. The Morgan fingerprint density at radius 1 is 1.25 bits per heavy atom. The van der Waals surface area contributed by atoms with Gasteiger partial charge in [-0.25, -0.2) is 8.42 Å². The molecule has 0 saturated heterocycles. The molecule has 0 aliphatic rings. The summed E-state index contributed by atoms with van der Waals surface area (Å²) < 4.78 is 23.1. The van der Waals surface area contributed by atoms with Gasteiger partial charge in [-0.3, -0.25) is 0 Å². The molecular weight excluding hydrogens is 222 g/mol. The molecule has 0 spiro atoms. The lowest BCUT2D eigenvalue weighted by Crippen LogP contribution is -2.32. The van der Waals surface area contributed by atoms with Crippen molar-refractivity contribution in [3.05, 3.63) is 35.4 Å². The summed E-state index contributed by atoms with van der Waals surface area (Å²) in [4.78, 5) is 0. The Morgan fingerprint density at radius 3 is 2.12 bits per heavy atom. The Morgan fingerprint density at radius 2 is 1.75 bits per heavy atom. The summed E-state index contributed by atoms with van der Waals surface area (Å²) >= 11 is 0. The number of rotatable bonds is 4. The average molecular weight is 241 g/mol. The van der Waals surface area contributed by atoms with E-state index in [1.807, 2.05) is 38.1 Å². The minimum absolute atomic E-state index is 0.444. The molecule has 0 fully saturated rings. The SMILES string of the molecule is CC[C@H]([C@@H](N)c1ccc(C)cc1)S(C)(=O)=O. The molecule has 2 N–H and O–H groups in total. The van der Waals surface area contributed by atoms with Crippen LogP contribution in [0.3, 0.4) is 0 Å². The molecule has 90 valence electrons. The monoisotopic (exact) mass is 241 g/mol. The van der Waals surface area contributed by atoms with Crippen LogP contribution in [0.25, 0.3) is 0 Å². The number of nitrogens with two attached hydrogens (primary N) is 1. The first kappa shape index (κ1) is 13.2. The smallest absolute Gasteiger partial charge is 0.152 e. The van der Waals surface area contributed by atoms with Gasteiger partial charge in [0.15, 0.2) is 9.84 Å². The van der Waals surface area contributed by atoms with Gasteiger partial charge in [0, 0.05) is 12.3 Å². The van der Waals surface area contributed by atoms with E-state index in [1.165, 1.54) is 6.26 Å². The molecule has 0 saturated carbocycles. The fourth-order valence-electron chi connectivity index (χ4n) is 1.83. The van der Waals surface area contributed by atoms with E-state index in [0.29, 0.717) is 6.42 Å². The van der Waals surface area contributed by atoms with Crippen molar-refractivity contribution >= 4 is 9.84 Å². The Labute approximate surface area is 97.6 Å². The van der Waals surface area contributed by atoms with Crippen LogP contribution >= 0.6 is 0 Å². The van der Waals surface area contributed by atoms with Crippen molar-refractivity contribution in [3.8, 4) is 0 Å². The highest BCUT2D eigenvalue weighted by molar-refractivity contribution is 7.91. The molecule has 0 radical (unpaired) electrons. The van der Waals surface area contributed by atoms with E-state index in [9.17, 15) is 8.42 Å². The number of aryl methyl sites for hydroxylation is 1. The Hall–Kier alpha value is -0.870. The second-order valence-electron chi connectivity index (χ2n) is 4.21. The van der Waals surface area contributed by atoms with Crippen LogP contribution in [0.1, 0.15) is 30.5 Å². The van der Waals surface area contributed by atoms with Crippen LogP contribution in [0.2, 0.25) is 0 Å². The van der Waals surface area contributed by atoms with Gasteiger partial charge in [-0.15, -0.1) is 0 Å². The van der Waals surface area contributed by atoms with Crippen molar-refractivity contribution in [1.29, 1.82) is 0 Å². The van der Waals surface area contributed by atoms with E-state index in [2.05, 4.69) is 0 Å². The lowest BCUT2D eigenvalue weighted by molar-refractivity contribution is 0.553. The Balaban J connectivity index is 3.00. The van der Waals surface area contributed by atoms with Crippen LogP contribution in [0.15, 0.2) is 24.3 Å². The van der Waals surface area contributed by atoms with Crippen LogP contribution in [0.4, 0.5) is 0 Å². The number of benzene rings is 1. The van der Waals surface area contributed by atoms with E-state index < -0.39 is 21.1 Å². The molecule has 3 nitrogen and oxygen atoms in total. The predicted molar refractivity (Wildman–Crippen MR) is 67.0 cm³/mol. The zero-order valence-corrected chi connectivity index (χ0v) is 10.8. The molecule has 0 amide bonds. The van der Waals surface area contributed by atoms with Gasteiger partial charge in [0.1, 0.15) is 0 Å². The number of hydrogen-bond donors (Lipinski definition) is 1. The van der Waals surface area contributed by atoms with Crippen molar-refractivity contribution in [3.63, 3.8) is 0 Å². The first-order chi connectivity index (χ1) is 7.36. The topological polar surface area (TPSA) is 60.2 Å². The van der Waals surface area contributed by atoms with E-state index in [1.54, 1.807) is 0 Å². The van der Waals surface area contributed by atoms with E-state index in [0.717, 1.165) is 11.1 Å². The zero-order valence-electron chi connectivity index (χ0n) is 9.97. The third-order valence-corrected chi connectivity index (χ3v) is 4.54. The molecule has 0 aliphatic heterocycles. The molecule has 2 atom stereocenters. The Kier molecular flexibility index (Phi) is 4.10. The summed E-state index contributed by atoms with van der Waals surface area (Å²) in [6.45, 7) is 3.84. The first-order valence-electron chi connectivity index (χ1n) is 5.37. The maximum absolute atomic E-state index is 11.6. The fourth-order valence-corrected chi connectivity index (χ4v) is 3.12. The third-order valence-electron chi connectivity index (χ3n) is 2.82. The van der Waals surface area contributed by atoms with Crippen LogP contribution in [-0.4, -0.2) is 19.9 Å². The van der Waals surface area contributed by atoms with Gasteiger partial charge in [0.2, 0.25) is 0 Å². The summed E-state index contributed by atoms with van der Waals surface area (Å²) in [6, 6.07) is 7.25. The lowest BCUT2D eigenvalue weighted by atomic mass is 10.0. The number of hydrogen-bond acceptors (Lipinski definition) is 3. The van der Waals surface area contributed by atoms with E-state index in [4.69, 9.17) is 5.73 Å². The van der Waals surface area contributed by atoms with Crippen molar-refractivity contribution in [2.75, 3.05) is 6.26 Å². The summed E-state index contributed by atoms with van der Waals surface area (Å²) in [5.74, 6) is 0. The third kappa shape index (κ3) is 3.06. The minimum atomic E-state index is -3.10. The minimum Gasteiger partial charge on any atom is -0.323 e. The molecular formula is C12H19NO2S. The average Bonchev–Trinajstić information content (AvgIpc) is 2.17. The molecule has 0 bridgehead atoms. The van der Waals surface area contributed by atoms with Gasteiger partial charge in [0.25, 0.3) is 0 Å². The summed E-state index contributed by atoms with van der Waals surface area (Å²) in [5, 5.41) is -0.504. The molecule has 4 heteroatoms. The van der Waals surface area contributed by atoms with Gasteiger partial charge < -0.3 is 5.73 Å². The van der Waals surface area contributed by atoms with Gasteiger partial charge >= 0.3 is 0 Å². The molecule has 0 aliphatic carbocycles. The fraction of sp³-hybridized carbons (Fsp3) is 0.500. The second-order valence-corrected chi connectivity index (χ2v) is 6.48. The maximum atomic E-state index is 11.6. The van der Waals surface area contributed by atoms with Gasteiger partial charge in [-0.1, -0.05) is 36.8 Å². The summed E-state index contributed by atoms with van der Waals surface area (Å²) in [5.41, 5.74) is 8.03. The molecule has 1 aromatic rings. The van der Waals surface area contributed by atoms with Gasteiger partial charge in [0.05, 0.1) is 5.25 Å². The molecule has 1 rings (SSSR count). The molecule has 1 aromatic carbocycles. The normalized spacial score (nSPS) is 15.8. The number of sulfone groups is 1. The van der Waals surface area contributed by atoms with Crippen molar-refractivity contribution in [1.82, 2.24) is 0 Å². The first-order valence-corrected chi connectivity index (χ1v) is 7.32. The van der Waals surface area contributed by atoms with Crippen molar-refractivity contribution in [2.24, 2.45) is 5.73 Å². The second kappa shape index (κ2) is 4.97. The van der Waals surface area contributed by atoms with Crippen molar-refractivity contribution < 1.29 is 8.42 Å². The zero-order chi connectivity index (χ0) is 12.3. The maximum Gasteiger partial charge on any atom is 0.152 e. The van der Waals surface area contributed by atoms with Crippen LogP contribution < -0.4 is 5.73 Å². The largest absolute Gasteiger partial charge is 0.323 e. The van der Waals surface area contributed by atoms with Crippen LogP contribution in [0, 0.1) is 6.92 Å². The Bertz CT molecular complexity index is 437. The molecule has 0 heterocycles. The van der Waals surface area contributed by atoms with Gasteiger partial charge in [-0.05, 0) is 18.9 Å². The predicted octanol–water partition coefficient (Wildman–Crippen LogP) is 1.82. The van der Waals surface area contributed by atoms with Crippen LogP contribution in [0.5, 0.6) is 0 Å². The van der Waals surface area contributed by atoms with Crippen molar-refractivity contribution in [2.45, 2.75) is 31.6 Å². The molecule has 0 unspecified atom stereocenters. The van der Waals surface area contributed by atoms with Gasteiger partial charge in [-0.2, -0.15) is 0 Å². The van der Waals surface area contributed by atoms with Crippen LogP contribution in [-0.2, 0) is 9.84 Å². The summed E-state index contributed by atoms with van der Waals surface area (Å²) in [7, 11) is -3.10. The van der Waals surface area contributed by atoms with E-state index >= 15 is 0 Å².